The number of amides is 2. The summed E-state index contributed by atoms with van der Waals surface area (Å²) in [5.74, 6) is -1.05. The van der Waals surface area contributed by atoms with Crippen LogP contribution >= 0.6 is 0 Å². The number of hydrogen-bond donors (Lipinski definition) is 2. The monoisotopic (exact) mass is 284 g/mol. The Balaban J connectivity index is 2.77. The summed E-state index contributed by atoms with van der Waals surface area (Å²) in [4.78, 5) is 26.2. The molecule has 6 nitrogen and oxygen atoms in total. The third-order valence-corrected chi connectivity index (χ3v) is 3.55. The predicted octanol–water partition coefficient (Wildman–Crippen LogP) is 1.31. The average Bonchev–Trinajstić information content (AvgIpc) is 2.44. The van der Waals surface area contributed by atoms with Gasteiger partial charge in [0.1, 0.15) is 6.54 Å². The second-order valence-electron chi connectivity index (χ2n) is 5.05. The molecule has 0 aromatic heterocycles. The van der Waals surface area contributed by atoms with E-state index < -0.39 is 5.97 Å². The van der Waals surface area contributed by atoms with E-state index in [1.165, 1.54) is 17.4 Å². The van der Waals surface area contributed by atoms with Crippen LogP contribution < -0.4 is 0 Å². The average molecular weight is 284 g/mol. The molecule has 0 unspecified atom stereocenters. The highest BCUT2D eigenvalue weighted by Crippen LogP contribution is 2.23. The topological polar surface area (TPSA) is 81.1 Å². The van der Waals surface area contributed by atoms with Gasteiger partial charge in [-0.1, -0.05) is 25.3 Å². The van der Waals surface area contributed by atoms with Gasteiger partial charge in [-0.15, -0.1) is 6.58 Å². The van der Waals surface area contributed by atoms with Gasteiger partial charge in [0.2, 0.25) is 0 Å². The van der Waals surface area contributed by atoms with Gasteiger partial charge < -0.3 is 20.0 Å². The Labute approximate surface area is 119 Å². The number of aliphatic hydroxyl groups is 1. The Morgan fingerprint density at radius 1 is 1.25 bits per heavy atom. The van der Waals surface area contributed by atoms with Crippen LogP contribution in [0.1, 0.15) is 32.1 Å². The fourth-order valence-corrected chi connectivity index (χ4v) is 2.65. The lowest BCUT2D eigenvalue weighted by molar-refractivity contribution is -0.137. The van der Waals surface area contributed by atoms with Gasteiger partial charge in [-0.25, -0.2) is 4.79 Å². The van der Waals surface area contributed by atoms with Crippen molar-refractivity contribution in [3.05, 3.63) is 12.7 Å². The van der Waals surface area contributed by atoms with E-state index >= 15 is 0 Å². The molecule has 0 saturated heterocycles. The highest BCUT2D eigenvalue weighted by molar-refractivity contribution is 5.80. The third kappa shape index (κ3) is 4.85. The highest BCUT2D eigenvalue weighted by Gasteiger charge is 2.28. The Hall–Kier alpha value is -1.56. The quantitative estimate of drug-likeness (QED) is 0.691. The minimum Gasteiger partial charge on any atom is -0.480 e. The standard InChI is InChI=1S/C14H24N2O4/c1-2-8-15(11-13(18)19)14(20)16(9-10-17)12-6-4-3-5-7-12/h2,12,17H,1,3-11H2,(H,18,19). The third-order valence-electron chi connectivity index (χ3n) is 3.55. The van der Waals surface area contributed by atoms with Gasteiger partial charge in [-0.2, -0.15) is 0 Å². The van der Waals surface area contributed by atoms with Crippen molar-refractivity contribution in [2.75, 3.05) is 26.2 Å². The van der Waals surface area contributed by atoms with Crippen molar-refractivity contribution >= 4 is 12.0 Å². The van der Waals surface area contributed by atoms with Gasteiger partial charge >= 0.3 is 12.0 Å². The summed E-state index contributed by atoms with van der Waals surface area (Å²) in [7, 11) is 0. The number of rotatable bonds is 7. The molecule has 2 N–H and O–H groups in total. The largest absolute Gasteiger partial charge is 0.480 e. The lowest BCUT2D eigenvalue weighted by atomic mass is 9.94. The molecule has 1 saturated carbocycles. The molecule has 0 aromatic rings. The summed E-state index contributed by atoms with van der Waals surface area (Å²) in [5.41, 5.74) is 0. The van der Waals surface area contributed by atoms with Gasteiger partial charge in [-0.05, 0) is 12.8 Å². The van der Waals surface area contributed by atoms with Crippen molar-refractivity contribution in [1.82, 2.24) is 9.80 Å². The fraction of sp³-hybridized carbons (Fsp3) is 0.714. The Morgan fingerprint density at radius 3 is 2.40 bits per heavy atom. The van der Waals surface area contributed by atoms with Crippen LogP contribution in [0.25, 0.3) is 0 Å². The lowest BCUT2D eigenvalue weighted by Gasteiger charge is -2.37. The summed E-state index contributed by atoms with van der Waals surface area (Å²) in [6, 6.07) is -0.224. The number of carboxylic acid groups (broad SMARTS) is 1. The Kier molecular flexibility index (Phi) is 7.08. The molecular formula is C14H24N2O4. The van der Waals surface area contributed by atoms with Crippen LogP contribution in [0.3, 0.4) is 0 Å². The zero-order valence-electron chi connectivity index (χ0n) is 11.8. The maximum atomic E-state index is 12.5. The molecule has 0 bridgehead atoms. The number of carbonyl (C=O) groups is 2. The van der Waals surface area contributed by atoms with E-state index in [0.717, 1.165) is 25.7 Å². The molecular weight excluding hydrogens is 260 g/mol. The van der Waals surface area contributed by atoms with Crippen molar-refractivity contribution in [2.45, 2.75) is 38.1 Å². The first kappa shape index (κ1) is 16.5. The van der Waals surface area contributed by atoms with Crippen molar-refractivity contribution in [1.29, 1.82) is 0 Å². The number of carbonyl (C=O) groups excluding carboxylic acids is 1. The summed E-state index contributed by atoms with van der Waals surface area (Å²) in [5, 5.41) is 18.0. The fourth-order valence-electron chi connectivity index (χ4n) is 2.65. The summed E-state index contributed by atoms with van der Waals surface area (Å²) in [6.45, 7) is 3.53. The highest BCUT2D eigenvalue weighted by atomic mass is 16.4. The van der Waals surface area contributed by atoms with Crippen LogP contribution in [0.2, 0.25) is 0 Å². The number of aliphatic hydroxyl groups excluding tert-OH is 1. The maximum Gasteiger partial charge on any atom is 0.323 e. The first-order valence-electron chi connectivity index (χ1n) is 7.09. The molecule has 0 aromatic carbocycles. The molecule has 1 rings (SSSR count). The van der Waals surface area contributed by atoms with Crippen LogP contribution in [0.5, 0.6) is 0 Å². The molecule has 0 radical (unpaired) electrons. The first-order valence-corrected chi connectivity index (χ1v) is 7.09. The van der Waals surface area contributed by atoms with E-state index in [1.54, 1.807) is 4.90 Å². The number of urea groups is 1. The minimum atomic E-state index is -1.05. The summed E-state index contributed by atoms with van der Waals surface area (Å²) >= 11 is 0. The molecule has 1 aliphatic carbocycles. The summed E-state index contributed by atoms with van der Waals surface area (Å²) in [6.07, 6.45) is 6.66. The normalized spacial score (nSPS) is 15.7. The van der Waals surface area contributed by atoms with Crippen LogP contribution in [-0.4, -0.2) is 64.3 Å². The maximum absolute atomic E-state index is 12.5. The smallest absolute Gasteiger partial charge is 0.323 e. The molecule has 6 heteroatoms. The van der Waals surface area contributed by atoms with Crippen molar-refractivity contribution in [3.63, 3.8) is 0 Å². The molecule has 114 valence electrons. The van der Waals surface area contributed by atoms with Gasteiger partial charge in [0.25, 0.3) is 0 Å². The van der Waals surface area contributed by atoms with Crippen molar-refractivity contribution in [3.8, 4) is 0 Å². The zero-order chi connectivity index (χ0) is 15.0. The Morgan fingerprint density at radius 2 is 1.90 bits per heavy atom. The predicted molar refractivity (Wildman–Crippen MR) is 75.5 cm³/mol. The molecule has 0 atom stereocenters. The Bertz CT molecular complexity index is 340. The van der Waals surface area contributed by atoms with Gasteiger partial charge in [0.15, 0.2) is 0 Å². The van der Waals surface area contributed by atoms with E-state index in [9.17, 15) is 9.59 Å². The molecule has 0 aliphatic heterocycles. The van der Waals surface area contributed by atoms with Gasteiger partial charge in [0, 0.05) is 19.1 Å². The number of carboxylic acids is 1. The van der Waals surface area contributed by atoms with E-state index in [1.807, 2.05) is 0 Å². The molecule has 2 amide bonds. The zero-order valence-corrected chi connectivity index (χ0v) is 11.8. The van der Waals surface area contributed by atoms with Crippen LogP contribution in [0.4, 0.5) is 4.79 Å². The van der Waals surface area contributed by atoms with Crippen LogP contribution in [0.15, 0.2) is 12.7 Å². The van der Waals surface area contributed by atoms with E-state index in [-0.39, 0.29) is 38.3 Å². The molecule has 0 spiro atoms. The number of aliphatic carboxylic acids is 1. The first-order chi connectivity index (χ1) is 9.60. The molecule has 1 aliphatic rings. The minimum absolute atomic E-state index is 0.101. The van der Waals surface area contributed by atoms with Crippen LogP contribution in [0, 0.1) is 0 Å². The van der Waals surface area contributed by atoms with E-state index in [4.69, 9.17) is 10.2 Å². The van der Waals surface area contributed by atoms with Gasteiger partial charge in [-0.3, -0.25) is 4.79 Å². The van der Waals surface area contributed by atoms with Crippen molar-refractivity contribution < 1.29 is 19.8 Å². The SMILES string of the molecule is C=CCN(CC(=O)O)C(=O)N(CCO)C1CCCCC1. The molecule has 20 heavy (non-hydrogen) atoms. The van der Waals surface area contributed by atoms with Crippen LogP contribution in [-0.2, 0) is 4.79 Å². The molecule has 0 heterocycles. The number of nitrogens with zero attached hydrogens (tertiary/aromatic N) is 2. The number of hydrogen-bond acceptors (Lipinski definition) is 3. The van der Waals surface area contributed by atoms with Crippen molar-refractivity contribution in [2.24, 2.45) is 0 Å². The lowest BCUT2D eigenvalue weighted by Crippen LogP contribution is -2.51. The summed E-state index contributed by atoms with van der Waals surface area (Å²) < 4.78 is 0. The second kappa shape index (κ2) is 8.58. The second-order valence-corrected chi connectivity index (χ2v) is 5.05. The van der Waals surface area contributed by atoms with Gasteiger partial charge in [0.05, 0.1) is 6.61 Å². The van der Waals surface area contributed by atoms with E-state index in [2.05, 4.69) is 6.58 Å². The van der Waals surface area contributed by atoms with E-state index in [0.29, 0.717) is 0 Å². The molecule has 1 fully saturated rings.